The molecule has 0 fully saturated rings. The normalized spacial score (nSPS) is 10.3. The summed E-state index contributed by atoms with van der Waals surface area (Å²) in [7, 11) is 3.04. The summed E-state index contributed by atoms with van der Waals surface area (Å²) in [4.78, 5) is 26.5. The minimum Gasteiger partial charge on any atom is -0.465 e. The molecular weight excluding hydrogens is 282 g/mol. The number of nitro groups is 1. The molecule has 20 heavy (non-hydrogen) atoms. The molecule has 2 aromatic rings. The summed E-state index contributed by atoms with van der Waals surface area (Å²) in [5.74, 6) is -0.540. The number of methoxy groups -OCH3 is 1. The zero-order valence-corrected chi connectivity index (χ0v) is 11.6. The number of carbonyl (C=O) groups excluding carboxylic acids is 1. The van der Waals surface area contributed by atoms with E-state index >= 15 is 0 Å². The van der Waals surface area contributed by atoms with Gasteiger partial charge in [0.1, 0.15) is 0 Å². The highest BCUT2D eigenvalue weighted by molar-refractivity contribution is 7.99. The smallest absolute Gasteiger partial charge is 0.337 e. The summed E-state index contributed by atoms with van der Waals surface area (Å²) >= 11 is 1.12. The van der Waals surface area contributed by atoms with E-state index in [1.807, 2.05) is 0 Å². The Morgan fingerprint density at radius 2 is 2.25 bits per heavy atom. The Morgan fingerprint density at radius 1 is 1.50 bits per heavy atom. The Hall–Kier alpha value is -2.35. The van der Waals surface area contributed by atoms with E-state index < -0.39 is 10.9 Å². The van der Waals surface area contributed by atoms with E-state index in [2.05, 4.69) is 9.72 Å². The Morgan fingerprint density at radius 3 is 2.80 bits per heavy atom. The van der Waals surface area contributed by atoms with Crippen molar-refractivity contribution in [3.63, 3.8) is 0 Å². The van der Waals surface area contributed by atoms with Gasteiger partial charge >= 0.3 is 5.97 Å². The van der Waals surface area contributed by atoms with Gasteiger partial charge in [-0.2, -0.15) is 0 Å². The Labute approximate surface area is 118 Å². The predicted octanol–water partition coefficient (Wildman–Crippen LogP) is 2.27. The monoisotopic (exact) mass is 293 g/mol. The lowest BCUT2D eigenvalue weighted by molar-refractivity contribution is -0.387. The molecule has 0 saturated heterocycles. The van der Waals surface area contributed by atoms with Crippen molar-refractivity contribution in [2.24, 2.45) is 7.05 Å². The fourth-order valence-electron chi connectivity index (χ4n) is 1.54. The molecule has 0 spiro atoms. The van der Waals surface area contributed by atoms with Crippen LogP contribution in [0.1, 0.15) is 10.4 Å². The highest BCUT2D eigenvalue weighted by atomic mass is 32.2. The Bertz CT molecular complexity index is 668. The average molecular weight is 293 g/mol. The van der Waals surface area contributed by atoms with E-state index in [9.17, 15) is 14.9 Å². The van der Waals surface area contributed by atoms with Crippen molar-refractivity contribution in [2.75, 3.05) is 7.11 Å². The van der Waals surface area contributed by atoms with Gasteiger partial charge in [0.25, 0.3) is 5.69 Å². The molecule has 0 bridgehead atoms. The van der Waals surface area contributed by atoms with Gasteiger partial charge in [0, 0.05) is 25.5 Å². The topological polar surface area (TPSA) is 87.3 Å². The quantitative estimate of drug-likeness (QED) is 0.488. The van der Waals surface area contributed by atoms with Gasteiger partial charge in [-0.25, -0.2) is 9.78 Å². The van der Waals surface area contributed by atoms with Crippen LogP contribution in [0.15, 0.2) is 40.6 Å². The van der Waals surface area contributed by atoms with Gasteiger partial charge in [0.15, 0.2) is 5.16 Å². The number of hydrogen-bond donors (Lipinski definition) is 0. The molecule has 0 atom stereocenters. The van der Waals surface area contributed by atoms with Crippen LogP contribution in [0.3, 0.4) is 0 Å². The maximum Gasteiger partial charge on any atom is 0.337 e. The first kappa shape index (κ1) is 14.1. The van der Waals surface area contributed by atoms with Crippen molar-refractivity contribution in [3.05, 3.63) is 46.3 Å². The van der Waals surface area contributed by atoms with E-state index in [0.29, 0.717) is 10.1 Å². The molecule has 0 amide bonds. The van der Waals surface area contributed by atoms with E-state index in [1.165, 1.54) is 25.3 Å². The molecule has 0 saturated carbocycles. The van der Waals surface area contributed by atoms with E-state index in [4.69, 9.17) is 0 Å². The predicted molar refractivity (Wildman–Crippen MR) is 71.8 cm³/mol. The van der Waals surface area contributed by atoms with Crippen LogP contribution in [0.25, 0.3) is 0 Å². The zero-order valence-electron chi connectivity index (χ0n) is 10.8. The Kier molecular flexibility index (Phi) is 4.04. The van der Waals surface area contributed by atoms with Crippen molar-refractivity contribution in [1.82, 2.24) is 9.55 Å². The molecular formula is C12H11N3O4S. The van der Waals surface area contributed by atoms with Gasteiger partial charge in [-0.15, -0.1) is 0 Å². The summed E-state index contributed by atoms with van der Waals surface area (Å²) < 4.78 is 6.35. The van der Waals surface area contributed by atoms with Gasteiger partial charge in [0.2, 0.25) is 0 Å². The summed E-state index contributed by atoms with van der Waals surface area (Å²) in [6.45, 7) is 0. The lowest BCUT2D eigenvalue weighted by Crippen LogP contribution is -2.02. The number of carbonyl (C=O) groups is 1. The first-order chi connectivity index (χ1) is 9.52. The van der Waals surface area contributed by atoms with Crippen molar-refractivity contribution >= 4 is 23.4 Å². The fraction of sp³-hybridized carbons (Fsp3) is 0.167. The molecule has 1 aromatic carbocycles. The number of aryl methyl sites for hydroxylation is 1. The summed E-state index contributed by atoms with van der Waals surface area (Å²) in [5.41, 5.74) is 0.181. The highest BCUT2D eigenvalue weighted by Gasteiger charge is 2.19. The van der Waals surface area contributed by atoms with Crippen LogP contribution in [0.4, 0.5) is 5.69 Å². The molecule has 1 heterocycles. The number of aromatic nitrogens is 2. The first-order valence-electron chi connectivity index (χ1n) is 5.55. The van der Waals surface area contributed by atoms with Crippen LogP contribution in [0, 0.1) is 10.1 Å². The minimum absolute atomic E-state index is 0.0781. The third kappa shape index (κ3) is 2.80. The third-order valence-electron chi connectivity index (χ3n) is 2.56. The fourth-order valence-corrected chi connectivity index (χ4v) is 2.49. The number of ether oxygens (including phenoxy) is 1. The molecule has 8 heteroatoms. The van der Waals surface area contributed by atoms with E-state index in [0.717, 1.165) is 11.8 Å². The molecule has 2 rings (SSSR count). The third-order valence-corrected chi connectivity index (χ3v) is 3.68. The largest absolute Gasteiger partial charge is 0.465 e. The molecule has 0 N–H and O–H groups in total. The summed E-state index contributed by atoms with van der Waals surface area (Å²) in [6.07, 6.45) is 3.33. The number of imidazole rings is 1. The van der Waals surface area contributed by atoms with Crippen LogP contribution < -0.4 is 0 Å². The van der Waals surface area contributed by atoms with Gasteiger partial charge in [-0.1, -0.05) is 0 Å². The molecule has 1 aromatic heterocycles. The van der Waals surface area contributed by atoms with Crippen LogP contribution in [0.5, 0.6) is 0 Å². The van der Waals surface area contributed by atoms with Gasteiger partial charge in [0.05, 0.1) is 22.5 Å². The maximum atomic E-state index is 11.5. The second-order valence-corrected chi connectivity index (χ2v) is 4.86. The van der Waals surface area contributed by atoms with Crippen molar-refractivity contribution in [3.8, 4) is 0 Å². The van der Waals surface area contributed by atoms with Crippen molar-refractivity contribution < 1.29 is 14.5 Å². The minimum atomic E-state index is -0.540. The number of nitrogens with zero attached hydrogens (tertiary/aromatic N) is 3. The first-order valence-corrected chi connectivity index (χ1v) is 6.36. The summed E-state index contributed by atoms with van der Waals surface area (Å²) in [6, 6.07) is 4.09. The van der Waals surface area contributed by atoms with Crippen LogP contribution in [0.2, 0.25) is 0 Å². The van der Waals surface area contributed by atoms with Crippen LogP contribution in [-0.4, -0.2) is 27.6 Å². The number of hydrogen-bond acceptors (Lipinski definition) is 6. The van der Waals surface area contributed by atoms with Gasteiger partial charge < -0.3 is 9.30 Å². The van der Waals surface area contributed by atoms with E-state index in [1.54, 1.807) is 24.0 Å². The average Bonchev–Trinajstić information content (AvgIpc) is 2.83. The standard InChI is InChI=1S/C12H11N3O4S/c1-14-6-5-13-12(14)20-10-7-8(11(16)19-2)3-4-9(10)15(17)18/h3-7H,1-2H3. The molecule has 0 unspecified atom stereocenters. The molecule has 0 aliphatic carbocycles. The molecule has 0 aliphatic rings. The molecule has 104 valence electrons. The number of benzene rings is 1. The van der Waals surface area contributed by atoms with Crippen molar-refractivity contribution in [2.45, 2.75) is 10.1 Å². The Balaban J connectivity index is 2.44. The number of esters is 1. The second kappa shape index (κ2) is 5.74. The highest BCUT2D eigenvalue weighted by Crippen LogP contribution is 2.34. The SMILES string of the molecule is COC(=O)c1ccc([N+](=O)[O-])c(Sc2nccn2C)c1. The van der Waals surface area contributed by atoms with Crippen molar-refractivity contribution in [1.29, 1.82) is 0 Å². The van der Waals surface area contributed by atoms with Gasteiger partial charge in [-0.3, -0.25) is 10.1 Å². The van der Waals surface area contributed by atoms with Crippen LogP contribution in [-0.2, 0) is 11.8 Å². The zero-order chi connectivity index (χ0) is 14.7. The molecule has 0 radical (unpaired) electrons. The molecule has 7 nitrogen and oxygen atoms in total. The van der Waals surface area contributed by atoms with E-state index in [-0.39, 0.29) is 11.3 Å². The number of nitro benzene ring substituents is 1. The number of rotatable bonds is 4. The lowest BCUT2D eigenvalue weighted by Gasteiger charge is -2.05. The van der Waals surface area contributed by atoms with Crippen LogP contribution >= 0.6 is 11.8 Å². The van der Waals surface area contributed by atoms with Gasteiger partial charge in [-0.05, 0) is 23.9 Å². The molecule has 0 aliphatic heterocycles. The maximum absolute atomic E-state index is 11.5. The lowest BCUT2D eigenvalue weighted by atomic mass is 10.2. The summed E-state index contributed by atoms with van der Waals surface area (Å²) in [5, 5.41) is 11.6. The second-order valence-electron chi connectivity index (χ2n) is 3.85.